The molecular formula is C31H35N3O3. The topological polar surface area (TPSA) is 93.5 Å². The van der Waals surface area contributed by atoms with Crippen molar-refractivity contribution in [1.82, 2.24) is 10.2 Å². The van der Waals surface area contributed by atoms with Crippen LogP contribution in [0.4, 0.5) is 4.79 Å². The van der Waals surface area contributed by atoms with Crippen molar-refractivity contribution in [2.24, 2.45) is 0 Å². The van der Waals surface area contributed by atoms with Gasteiger partial charge in [0.25, 0.3) is 0 Å². The quantitative estimate of drug-likeness (QED) is 0.212. The van der Waals surface area contributed by atoms with Crippen molar-refractivity contribution in [2.75, 3.05) is 6.54 Å². The lowest BCUT2D eigenvalue weighted by Crippen LogP contribution is -2.43. The Kier molecular flexibility index (Phi) is 8.72. The van der Waals surface area contributed by atoms with Crippen LogP contribution in [0.3, 0.4) is 0 Å². The molecule has 0 spiro atoms. The van der Waals surface area contributed by atoms with Gasteiger partial charge in [-0.1, -0.05) is 72.8 Å². The number of aryl methyl sites for hydroxylation is 1. The smallest absolute Gasteiger partial charge is 0.323 e. The maximum Gasteiger partial charge on any atom is 0.323 e. The van der Waals surface area contributed by atoms with E-state index in [2.05, 4.69) is 41.7 Å². The normalized spacial score (nSPS) is 12.7. The molecule has 3 aromatic carbocycles. The first-order valence-electron chi connectivity index (χ1n) is 13.0. The molecule has 192 valence electrons. The molecule has 2 amide bonds. The number of hydrogen-bond acceptors (Lipinski definition) is 3. The zero-order chi connectivity index (χ0) is 26.2. The fourth-order valence-corrected chi connectivity index (χ4v) is 4.55. The highest BCUT2D eigenvalue weighted by Crippen LogP contribution is 2.39. The highest BCUT2D eigenvalue weighted by Gasteiger charge is 2.23. The van der Waals surface area contributed by atoms with Crippen LogP contribution in [-0.2, 0) is 24.2 Å². The van der Waals surface area contributed by atoms with Crippen LogP contribution < -0.4 is 5.32 Å². The summed E-state index contributed by atoms with van der Waals surface area (Å²) in [5.41, 5.74) is 6.43. The Bertz CT molecular complexity index is 1230. The molecule has 0 radical (unpaired) electrons. The molecule has 3 aromatic rings. The number of nitrogens with one attached hydrogen (secondary N) is 2. The summed E-state index contributed by atoms with van der Waals surface area (Å²) < 4.78 is 0. The summed E-state index contributed by atoms with van der Waals surface area (Å²) >= 11 is 0. The summed E-state index contributed by atoms with van der Waals surface area (Å²) in [5, 5.41) is 20.4. The van der Waals surface area contributed by atoms with Gasteiger partial charge >= 0.3 is 12.0 Å². The number of nitrogens with zero attached hydrogens (tertiary/aromatic N) is 1. The second kappa shape index (κ2) is 12.3. The lowest BCUT2D eigenvalue weighted by atomic mass is 9.99. The fourth-order valence-electron chi connectivity index (χ4n) is 4.55. The minimum atomic E-state index is -0.837. The molecular weight excluding hydrogens is 462 g/mol. The van der Waals surface area contributed by atoms with Gasteiger partial charge in [-0.2, -0.15) is 0 Å². The molecule has 0 atom stereocenters. The van der Waals surface area contributed by atoms with E-state index in [0.717, 1.165) is 41.0 Å². The van der Waals surface area contributed by atoms with Crippen LogP contribution in [0, 0.1) is 5.41 Å². The average Bonchev–Trinajstić information content (AvgIpc) is 3.74. The zero-order valence-electron chi connectivity index (χ0n) is 21.4. The van der Waals surface area contributed by atoms with Crippen LogP contribution in [0.1, 0.15) is 60.8 Å². The number of aliphatic carboxylic acids is 1. The highest BCUT2D eigenvalue weighted by atomic mass is 16.4. The first-order valence-corrected chi connectivity index (χ1v) is 13.0. The molecule has 0 aromatic heterocycles. The van der Waals surface area contributed by atoms with Crippen LogP contribution >= 0.6 is 0 Å². The van der Waals surface area contributed by atoms with Crippen molar-refractivity contribution in [1.29, 1.82) is 5.41 Å². The Morgan fingerprint density at radius 1 is 0.946 bits per heavy atom. The van der Waals surface area contributed by atoms with E-state index in [1.54, 1.807) is 0 Å². The summed E-state index contributed by atoms with van der Waals surface area (Å²) in [7, 11) is 0. The maximum atomic E-state index is 12.7. The van der Waals surface area contributed by atoms with Gasteiger partial charge in [-0.25, -0.2) is 4.79 Å². The molecule has 0 aliphatic heterocycles. The molecule has 1 saturated carbocycles. The SMILES string of the molecule is CCN(C(=N)CCCc1ccc(-c2cccc(CC(=O)O)c2)cc1)C(=O)NCc1ccc(C2CC2)cc1. The van der Waals surface area contributed by atoms with Gasteiger partial charge in [0.15, 0.2) is 0 Å². The van der Waals surface area contributed by atoms with E-state index in [1.165, 1.54) is 28.9 Å². The minimum absolute atomic E-state index is 0.0121. The van der Waals surface area contributed by atoms with Crippen molar-refractivity contribution < 1.29 is 14.7 Å². The van der Waals surface area contributed by atoms with Gasteiger partial charge in [-0.3, -0.25) is 15.1 Å². The van der Waals surface area contributed by atoms with Crippen LogP contribution in [-0.4, -0.2) is 34.4 Å². The lowest BCUT2D eigenvalue weighted by Gasteiger charge is -2.22. The molecule has 4 rings (SSSR count). The molecule has 0 heterocycles. The number of hydrogen-bond donors (Lipinski definition) is 3. The predicted octanol–water partition coefficient (Wildman–Crippen LogP) is 6.39. The standard InChI is InChI=1S/C31H35N3O3/c1-2-34(31(37)33-21-23-11-15-25(16-12-23)26-17-18-26)29(32)8-4-5-22-9-13-27(14-10-22)28-7-3-6-24(19-28)20-30(35)36/h3,6-7,9-16,19,26,32H,2,4-5,8,17-18,20-21H2,1H3,(H,33,37)(H,35,36). The Morgan fingerprint density at radius 2 is 1.65 bits per heavy atom. The van der Waals surface area contributed by atoms with Gasteiger partial charge in [0.1, 0.15) is 5.84 Å². The lowest BCUT2D eigenvalue weighted by molar-refractivity contribution is -0.136. The number of carboxylic acid groups (broad SMARTS) is 1. The van der Waals surface area contributed by atoms with Crippen LogP contribution in [0.15, 0.2) is 72.8 Å². The van der Waals surface area contributed by atoms with Crippen LogP contribution in [0.5, 0.6) is 0 Å². The molecule has 1 fully saturated rings. The number of urea groups is 1. The number of carbonyl (C=O) groups excluding carboxylic acids is 1. The molecule has 1 aliphatic rings. The number of carboxylic acids is 1. The summed E-state index contributed by atoms with van der Waals surface area (Å²) in [6.07, 6.45) is 4.68. The molecule has 6 nitrogen and oxygen atoms in total. The van der Waals surface area contributed by atoms with E-state index >= 15 is 0 Å². The predicted molar refractivity (Wildman–Crippen MR) is 147 cm³/mol. The highest BCUT2D eigenvalue weighted by molar-refractivity contribution is 5.95. The molecule has 0 unspecified atom stereocenters. The Balaban J connectivity index is 1.23. The van der Waals surface area contributed by atoms with E-state index in [9.17, 15) is 9.59 Å². The van der Waals surface area contributed by atoms with Gasteiger partial charge in [-0.15, -0.1) is 0 Å². The number of amides is 2. The molecule has 6 heteroatoms. The minimum Gasteiger partial charge on any atom is -0.481 e. The van der Waals surface area contributed by atoms with E-state index in [-0.39, 0.29) is 12.5 Å². The molecule has 0 bridgehead atoms. The van der Waals surface area contributed by atoms with Crippen LogP contribution in [0.2, 0.25) is 0 Å². The Morgan fingerprint density at radius 3 is 2.30 bits per heavy atom. The van der Waals surface area contributed by atoms with Gasteiger partial charge in [0.05, 0.1) is 6.42 Å². The van der Waals surface area contributed by atoms with Crippen molar-refractivity contribution in [3.63, 3.8) is 0 Å². The number of amidine groups is 1. The Labute approximate surface area is 218 Å². The monoisotopic (exact) mass is 497 g/mol. The summed E-state index contributed by atoms with van der Waals surface area (Å²) in [4.78, 5) is 25.2. The van der Waals surface area contributed by atoms with Crippen molar-refractivity contribution in [3.8, 4) is 11.1 Å². The number of benzene rings is 3. The van der Waals surface area contributed by atoms with Gasteiger partial charge in [0.2, 0.25) is 0 Å². The first kappa shape index (κ1) is 26.1. The second-order valence-electron chi connectivity index (χ2n) is 9.69. The fraction of sp³-hybridized carbons (Fsp3) is 0.323. The number of rotatable bonds is 11. The van der Waals surface area contributed by atoms with Gasteiger partial charge in [-0.05, 0) is 71.9 Å². The second-order valence-corrected chi connectivity index (χ2v) is 9.69. The van der Waals surface area contributed by atoms with Gasteiger partial charge in [0, 0.05) is 19.5 Å². The van der Waals surface area contributed by atoms with Crippen molar-refractivity contribution in [2.45, 2.75) is 57.9 Å². The van der Waals surface area contributed by atoms with Gasteiger partial charge < -0.3 is 10.4 Å². The van der Waals surface area contributed by atoms with E-state index in [4.69, 9.17) is 10.5 Å². The third kappa shape index (κ3) is 7.53. The summed E-state index contributed by atoms with van der Waals surface area (Å²) in [6, 6.07) is 24.1. The maximum absolute atomic E-state index is 12.7. The third-order valence-electron chi connectivity index (χ3n) is 6.81. The van der Waals surface area contributed by atoms with E-state index < -0.39 is 5.97 Å². The van der Waals surface area contributed by atoms with E-state index in [1.807, 2.05) is 43.3 Å². The molecule has 3 N–H and O–H groups in total. The molecule has 37 heavy (non-hydrogen) atoms. The summed E-state index contributed by atoms with van der Waals surface area (Å²) in [6.45, 7) is 2.81. The largest absolute Gasteiger partial charge is 0.481 e. The van der Waals surface area contributed by atoms with Crippen molar-refractivity contribution >= 4 is 17.8 Å². The summed E-state index contributed by atoms with van der Waals surface area (Å²) in [5.74, 6) is 0.215. The molecule has 0 saturated heterocycles. The average molecular weight is 498 g/mol. The zero-order valence-corrected chi connectivity index (χ0v) is 21.4. The Hall–Kier alpha value is -3.93. The third-order valence-corrected chi connectivity index (χ3v) is 6.81. The first-order chi connectivity index (χ1) is 17.9. The molecule has 1 aliphatic carbocycles. The van der Waals surface area contributed by atoms with E-state index in [0.29, 0.717) is 25.3 Å². The van der Waals surface area contributed by atoms with Crippen molar-refractivity contribution in [3.05, 3.63) is 95.1 Å². The number of carbonyl (C=O) groups is 2. The van der Waals surface area contributed by atoms with Crippen LogP contribution in [0.25, 0.3) is 11.1 Å².